The predicted molar refractivity (Wildman–Crippen MR) is 78.6 cm³/mol. The highest BCUT2D eigenvalue weighted by molar-refractivity contribution is 5.93. The first-order chi connectivity index (χ1) is 10.0. The summed E-state index contributed by atoms with van der Waals surface area (Å²) in [5.41, 5.74) is -0.686. The van der Waals surface area contributed by atoms with Crippen LogP contribution in [0.3, 0.4) is 0 Å². The lowest BCUT2D eigenvalue weighted by Gasteiger charge is -2.34. The van der Waals surface area contributed by atoms with Crippen LogP contribution in [0.2, 0.25) is 0 Å². The standard InChI is InChI=1S/C16H26N2O3/c1-3-13-11(7-9-21-13)10-18-8-6-14(19)17-16(2,15(18)20)12-4-5-12/h11-13H,3-10H2,1-2H3,(H,17,19). The van der Waals surface area contributed by atoms with Crippen LogP contribution in [0.5, 0.6) is 0 Å². The van der Waals surface area contributed by atoms with Gasteiger partial charge in [0.2, 0.25) is 11.8 Å². The summed E-state index contributed by atoms with van der Waals surface area (Å²) in [7, 11) is 0. The van der Waals surface area contributed by atoms with Crippen molar-refractivity contribution >= 4 is 11.8 Å². The summed E-state index contributed by atoms with van der Waals surface area (Å²) in [5, 5.41) is 2.99. The molecule has 3 rings (SSSR count). The Morgan fingerprint density at radius 3 is 2.76 bits per heavy atom. The third kappa shape index (κ3) is 2.80. The highest BCUT2D eigenvalue weighted by Crippen LogP contribution is 2.41. The first kappa shape index (κ1) is 14.8. The molecule has 3 fully saturated rings. The molecule has 1 saturated carbocycles. The lowest BCUT2D eigenvalue weighted by molar-refractivity contribution is -0.139. The van der Waals surface area contributed by atoms with Gasteiger partial charge in [0.05, 0.1) is 6.10 Å². The van der Waals surface area contributed by atoms with E-state index in [2.05, 4.69) is 12.2 Å². The van der Waals surface area contributed by atoms with Crippen LogP contribution < -0.4 is 5.32 Å². The highest BCUT2D eigenvalue weighted by atomic mass is 16.5. The van der Waals surface area contributed by atoms with Gasteiger partial charge < -0.3 is 15.0 Å². The fourth-order valence-electron chi connectivity index (χ4n) is 3.82. The average Bonchev–Trinajstić information content (AvgIpc) is 3.23. The zero-order valence-electron chi connectivity index (χ0n) is 13.1. The van der Waals surface area contributed by atoms with Gasteiger partial charge in [0.15, 0.2) is 0 Å². The molecule has 1 N–H and O–H groups in total. The van der Waals surface area contributed by atoms with Crippen molar-refractivity contribution in [2.75, 3.05) is 19.7 Å². The van der Waals surface area contributed by atoms with Crippen molar-refractivity contribution in [2.45, 2.75) is 57.6 Å². The van der Waals surface area contributed by atoms with E-state index >= 15 is 0 Å². The number of hydrogen-bond donors (Lipinski definition) is 1. The van der Waals surface area contributed by atoms with Crippen molar-refractivity contribution in [2.24, 2.45) is 11.8 Å². The van der Waals surface area contributed by atoms with Crippen LogP contribution in [-0.4, -0.2) is 48.1 Å². The van der Waals surface area contributed by atoms with Crippen molar-refractivity contribution in [1.29, 1.82) is 0 Å². The first-order valence-electron chi connectivity index (χ1n) is 8.26. The smallest absolute Gasteiger partial charge is 0.248 e. The minimum atomic E-state index is -0.686. The Morgan fingerprint density at radius 2 is 2.10 bits per heavy atom. The second-order valence-corrected chi connectivity index (χ2v) is 6.89. The summed E-state index contributed by atoms with van der Waals surface area (Å²) in [6.45, 7) is 6.11. The SMILES string of the molecule is CCC1OCCC1CN1CCC(=O)NC(C)(C2CC2)C1=O. The third-order valence-corrected chi connectivity index (χ3v) is 5.34. The molecule has 0 aromatic rings. The molecule has 0 spiro atoms. The van der Waals surface area contributed by atoms with Crippen LogP contribution in [0.1, 0.15) is 46.0 Å². The Balaban J connectivity index is 1.74. The molecule has 3 unspecified atom stereocenters. The number of ether oxygens (including phenoxy) is 1. The van der Waals surface area contributed by atoms with Gasteiger partial charge >= 0.3 is 0 Å². The molecule has 2 saturated heterocycles. The number of amides is 2. The maximum absolute atomic E-state index is 12.9. The Bertz CT molecular complexity index is 435. The number of carbonyl (C=O) groups is 2. The Morgan fingerprint density at radius 1 is 1.33 bits per heavy atom. The van der Waals surface area contributed by atoms with E-state index in [1.807, 2.05) is 11.8 Å². The number of nitrogens with zero attached hydrogens (tertiary/aromatic N) is 1. The highest BCUT2D eigenvalue weighted by Gasteiger charge is 2.51. The van der Waals surface area contributed by atoms with Crippen molar-refractivity contribution in [3.63, 3.8) is 0 Å². The quantitative estimate of drug-likeness (QED) is 0.850. The molecular weight excluding hydrogens is 268 g/mol. The Labute approximate surface area is 126 Å². The first-order valence-corrected chi connectivity index (χ1v) is 8.26. The van der Waals surface area contributed by atoms with Crippen LogP contribution in [-0.2, 0) is 14.3 Å². The van der Waals surface area contributed by atoms with Crippen molar-refractivity contribution in [3.05, 3.63) is 0 Å². The largest absolute Gasteiger partial charge is 0.378 e. The fraction of sp³-hybridized carbons (Fsp3) is 0.875. The number of nitrogens with one attached hydrogen (secondary N) is 1. The van der Waals surface area contributed by atoms with Crippen LogP contribution in [0.25, 0.3) is 0 Å². The van der Waals surface area contributed by atoms with E-state index < -0.39 is 5.54 Å². The molecule has 0 aromatic heterocycles. The minimum absolute atomic E-state index is 0.00923. The molecule has 118 valence electrons. The summed E-state index contributed by atoms with van der Waals surface area (Å²) in [6.07, 6.45) is 4.77. The second-order valence-electron chi connectivity index (χ2n) is 6.89. The predicted octanol–water partition coefficient (Wildman–Crippen LogP) is 1.32. The zero-order chi connectivity index (χ0) is 15.0. The van der Waals surface area contributed by atoms with Crippen molar-refractivity contribution in [1.82, 2.24) is 10.2 Å². The molecule has 2 amide bonds. The van der Waals surface area contributed by atoms with E-state index in [9.17, 15) is 9.59 Å². The molecule has 0 bridgehead atoms. The molecule has 5 nitrogen and oxygen atoms in total. The summed E-state index contributed by atoms with van der Waals surface area (Å²) in [5.74, 6) is 0.847. The van der Waals surface area contributed by atoms with Crippen LogP contribution >= 0.6 is 0 Å². The molecule has 21 heavy (non-hydrogen) atoms. The van der Waals surface area contributed by atoms with Gasteiger partial charge in [-0.05, 0) is 38.5 Å². The van der Waals surface area contributed by atoms with E-state index in [1.54, 1.807) is 0 Å². The van der Waals surface area contributed by atoms with Crippen LogP contribution in [0.4, 0.5) is 0 Å². The number of rotatable bonds is 4. The molecule has 2 heterocycles. The normalized spacial score (nSPS) is 37.5. The van der Waals surface area contributed by atoms with Gasteiger partial charge in [-0.25, -0.2) is 0 Å². The van der Waals surface area contributed by atoms with Gasteiger partial charge in [0, 0.05) is 32.0 Å². The van der Waals surface area contributed by atoms with Gasteiger partial charge in [0.25, 0.3) is 0 Å². The molecule has 1 aliphatic carbocycles. The molecule has 3 aliphatic rings. The molecule has 0 aromatic carbocycles. The molecular formula is C16H26N2O3. The van der Waals surface area contributed by atoms with E-state index in [0.717, 1.165) is 38.8 Å². The van der Waals surface area contributed by atoms with Crippen molar-refractivity contribution < 1.29 is 14.3 Å². The fourth-order valence-corrected chi connectivity index (χ4v) is 3.82. The topological polar surface area (TPSA) is 58.6 Å². The second kappa shape index (κ2) is 5.59. The van der Waals surface area contributed by atoms with E-state index in [0.29, 0.717) is 24.8 Å². The minimum Gasteiger partial charge on any atom is -0.378 e. The molecule has 5 heteroatoms. The summed E-state index contributed by atoms with van der Waals surface area (Å²) in [4.78, 5) is 26.8. The number of hydrogen-bond acceptors (Lipinski definition) is 3. The molecule has 2 aliphatic heterocycles. The van der Waals surface area contributed by atoms with E-state index in [4.69, 9.17) is 4.74 Å². The lowest BCUT2D eigenvalue weighted by Crippen LogP contribution is -2.57. The van der Waals surface area contributed by atoms with Gasteiger partial charge in [-0.15, -0.1) is 0 Å². The number of carbonyl (C=O) groups excluding carboxylic acids is 2. The van der Waals surface area contributed by atoms with Crippen molar-refractivity contribution in [3.8, 4) is 0 Å². The summed E-state index contributed by atoms with van der Waals surface area (Å²) in [6, 6.07) is 0. The van der Waals surface area contributed by atoms with E-state index in [-0.39, 0.29) is 17.9 Å². The Kier molecular flexibility index (Phi) is 3.95. The van der Waals surface area contributed by atoms with Gasteiger partial charge in [-0.2, -0.15) is 0 Å². The van der Waals surface area contributed by atoms with Crippen LogP contribution in [0, 0.1) is 11.8 Å². The average molecular weight is 294 g/mol. The van der Waals surface area contributed by atoms with E-state index in [1.165, 1.54) is 0 Å². The Hall–Kier alpha value is -1.10. The summed E-state index contributed by atoms with van der Waals surface area (Å²) < 4.78 is 5.74. The maximum atomic E-state index is 12.9. The third-order valence-electron chi connectivity index (χ3n) is 5.34. The van der Waals surface area contributed by atoms with Gasteiger partial charge in [-0.1, -0.05) is 6.92 Å². The zero-order valence-corrected chi connectivity index (χ0v) is 13.1. The van der Waals surface area contributed by atoms with Gasteiger partial charge in [-0.3, -0.25) is 9.59 Å². The summed E-state index contributed by atoms with van der Waals surface area (Å²) >= 11 is 0. The molecule has 0 radical (unpaired) electrons. The van der Waals surface area contributed by atoms with Gasteiger partial charge in [0.1, 0.15) is 5.54 Å². The molecule has 3 atom stereocenters. The maximum Gasteiger partial charge on any atom is 0.248 e. The van der Waals surface area contributed by atoms with Crippen LogP contribution in [0.15, 0.2) is 0 Å². The lowest BCUT2D eigenvalue weighted by atomic mass is 9.92. The monoisotopic (exact) mass is 294 g/mol.